The molecule has 0 aliphatic rings. The number of carboxylic acids is 2. The van der Waals surface area contributed by atoms with Crippen LogP contribution in [0.4, 0.5) is 0 Å². The Morgan fingerprint density at radius 2 is 1.27 bits per heavy atom. The number of benzene rings is 3. The van der Waals surface area contributed by atoms with Gasteiger partial charge in [-0.2, -0.15) is 0 Å². The van der Waals surface area contributed by atoms with E-state index in [0.29, 0.717) is 0 Å². The van der Waals surface area contributed by atoms with Crippen LogP contribution in [0.15, 0.2) is 80.2 Å². The third-order valence-electron chi connectivity index (χ3n) is 4.61. The van der Waals surface area contributed by atoms with Gasteiger partial charge in [0.2, 0.25) is 9.84 Å². The summed E-state index contributed by atoms with van der Waals surface area (Å²) < 4.78 is 25.8. The summed E-state index contributed by atoms with van der Waals surface area (Å²) in [4.78, 5) is 24.1. The van der Waals surface area contributed by atoms with Crippen molar-refractivity contribution >= 4 is 33.5 Å². The number of carbonyl (C=O) groups is 2. The van der Waals surface area contributed by atoms with Crippen LogP contribution < -0.4 is 0 Å². The molecule has 2 N–H and O–H groups in total. The fourth-order valence-corrected chi connectivity index (χ4v) is 4.99. The minimum Gasteiger partial charge on any atom is -0.478 e. The first kappa shape index (κ1) is 21.6. The molecule has 0 heterocycles. The highest BCUT2D eigenvalue weighted by molar-refractivity contribution is 7.99. The van der Waals surface area contributed by atoms with E-state index >= 15 is 0 Å². The predicted octanol–water partition coefficient (Wildman–Crippen LogP) is 4.68. The van der Waals surface area contributed by atoms with Crippen LogP contribution in [0, 0.1) is 13.8 Å². The van der Waals surface area contributed by atoms with Gasteiger partial charge in [0.1, 0.15) is 0 Å². The lowest BCUT2D eigenvalue weighted by Crippen LogP contribution is -2.10. The third-order valence-corrected chi connectivity index (χ3v) is 7.38. The number of aromatic carboxylic acids is 2. The van der Waals surface area contributed by atoms with Crippen molar-refractivity contribution in [2.24, 2.45) is 0 Å². The molecule has 0 aromatic heterocycles. The first-order valence-electron chi connectivity index (χ1n) is 8.80. The molecule has 8 heteroatoms. The van der Waals surface area contributed by atoms with Gasteiger partial charge in [-0.3, -0.25) is 0 Å². The van der Waals surface area contributed by atoms with E-state index in [9.17, 15) is 23.1 Å². The first-order valence-corrected chi connectivity index (χ1v) is 11.1. The second-order valence-corrected chi connectivity index (χ2v) is 9.74. The maximum atomic E-state index is 12.9. The molecule has 0 aliphatic heterocycles. The number of carboxylic acid groups (broad SMARTS) is 2. The van der Waals surface area contributed by atoms with Crippen LogP contribution in [0.25, 0.3) is 0 Å². The van der Waals surface area contributed by atoms with E-state index in [0.717, 1.165) is 28.0 Å². The van der Waals surface area contributed by atoms with Crippen LogP contribution in [0.5, 0.6) is 0 Å². The monoisotopic (exact) mass is 442 g/mol. The maximum Gasteiger partial charge on any atom is 0.336 e. The molecule has 0 spiro atoms. The fraction of sp³-hybridized carbons (Fsp3) is 0.0909. The van der Waals surface area contributed by atoms with Gasteiger partial charge in [-0.15, -0.1) is 0 Å². The summed E-state index contributed by atoms with van der Waals surface area (Å²) in [6.45, 7) is 4.05. The molecule has 6 nitrogen and oxygen atoms in total. The van der Waals surface area contributed by atoms with E-state index in [1.165, 1.54) is 35.0 Å². The standard InChI is InChI=1S/C22H18O6S2/c1-13-3-4-16(11-14(13)2)29-15-5-7-17(8-6-15)30(27,28)18-9-10-19(21(23)24)20(12-18)22(25)26/h3-12H,1-2H3,(H,23,24)(H,25,26). The molecule has 3 aromatic rings. The fourth-order valence-electron chi connectivity index (χ4n) is 2.79. The van der Waals surface area contributed by atoms with Crippen molar-refractivity contribution in [1.29, 1.82) is 0 Å². The summed E-state index contributed by atoms with van der Waals surface area (Å²) in [7, 11) is -4.00. The molecule has 0 fully saturated rings. The maximum absolute atomic E-state index is 12.9. The first-order chi connectivity index (χ1) is 14.1. The van der Waals surface area contributed by atoms with Gasteiger partial charge >= 0.3 is 11.9 Å². The average molecular weight is 443 g/mol. The van der Waals surface area contributed by atoms with Gasteiger partial charge in [0.15, 0.2) is 0 Å². The highest BCUT2D eigenvalue weighted by Gasteiger charge is 2.23. The molecule has 3 rings (SSSR count). The van der Waals surface area contributed by atoms with Crippen molar-refractivity contribution in [3.63, 3.8) is 0 Å². The lowest BCUT2D eigenvalue weighted by molar-refractivity contribution is 0.0651. The van der Waals surface area contributed by atoms with Crippen molar-refractivity contribution < 1.29 is 28.2 Å². The number of sulfone groups is 1. The van der Waals surface area contributed by atoms with Crippen LogP contribution in [-0.2, 0) is 9.84 Å². The molecular formula is C22H18O6S2. The minimum absolute atomic E-state index is 0.00801. The Morgan fingerprint density at radius 1 is 0.700 bits per heavy atom. The Hall–Kier alpha value is -3.10. The zero-order valence-corrected chi connectivity index (χ0v) is 17.8. The summed E-state index contributed by atoms with van der Waals surface area (Å²) in [6, 6.07) is 15.3. The zero-order valence-electron chi connectivity index (χ0n) is 16.1. The van der Waals surface area contributed by atoms with Crippen LogP contribution in [-0.4, -0.2) is 30.6 Å². The Morgan fingerprint density at radius 3 is 1.83 bits per heavy atom. The summed E-state index contributed by atoms with van der Waals surface area (Å²) >= 11 is 1.50. The quantitative estimate of drug-likeness (QED) is 0.570. The molecule has 0 atom stereocenters. The van der Waals surface area contributed by atoms with Gasteiger partial charge in [0.25, 0.3) is 0 Å². The minimum atomic E-state index is -4.00. The zero-order chi connectivity index (χ0) is 22.1. The molecule has 0 saturated carbocycles. The average Bonchev–Trinajstić information content (AvgIpc) is 2.70. The molecule has 0 bridgehead atoms. The van der Waals surface area contributed by atoms with Crippen molar-refractivity contribution in [3.05, 3.63) is 82.9 Å². The van der Waals surface area contributed by atoms with E-state index in [1.807, 2.05) is 26.0 Å². The van der Waals surface area contributed by atoms with E-state index in [4.69, 9.17) is 5.11 Å². The summed E-state index contributed by atoms with van der Waals surface area (Å²) in [5.74, 6) is -2.95. The van der Waals surface area contributed by atoms with Crippen LogP contribution in [0.3, 0.4) is 0 Å². The van der Waals surface area contributed by atoms with Gasteiger partial charge in [0, 0.05) is 9.79 Å². The van der Waals surface area contributed by atoms with Gasteiger partial charge in [-0.25, -0.2) is 18.0 Å². The molecule has 0 unspecified atom stereocenters. The Bertz CT molecular complexity index is 1250. The lowest BCUT2D eigenvalue weighted by Gasteiger charge is -2.09. The Labute approximate surface area is 178 Å². The number of hydrogen-bond acceptors (Lipinski definition) is 5. The topological polar surface area (TPSA) is 109 Å². The van der Waals surface area contributed by atoms with Gasteiger partial charge < -0.3 is 10.2 Å². The third kappa shape index (κ3) is 4.39. The van der Waals surface area contributed by atoms with Crippen LogP contribution in [0.1, 0.15) is 31.8 Å². The van der Waals surface area contributed by atoms with Gasteiger partial charge in [-0.1, -0.05) is 17.8 Å². The predicted molar refractivity (Wildman–Crippen MR) is 112 cm³/mol. The van der Waals surface area contributed by atoms with E-state index in [-0.39, 0.29) is 9.79 Å². The summed E-state index contributed by atoms with van der Waals surface area (Å²) in [5.41, 5.74) is 1.31. The van der Waals surface area contributed by atoms with Crippen molar-refractivity contribution in [3.8, 4) is 0 Å². The molecule has 0 saturated heterocycles. The van der Waals surface area contributed by atoms with Gasteiger partial charge in [-0.05, 0) is 79.6 Å². The highest BCUT2D eigenvalue weighted by Crippen LogP contribution is 2.31. The van der Waals surface area contributed by atoms with Crippen LogP contribution >= 0.6 is 11.8 Å². The second kappa shape index (κ2) is 8.33. The number of hydrogen-bond donors (Lipinski definition) is 2. The molecule has 154 valence electrons. The Balaban J connectivity index is 1.91. The molecule has 30 heavy (non-hydrogen) atoms. The van der Waals surface area contributed by atoms with E-state index in [1.54, 1.807) is 12.1 Å². The van der Waals surface area contributed by atoms with Gasteiger partial charge in [0.05, 0.1) is 20.9 Å². The van der Waals surface area contributed by atoms with E-state index < -0.39 is 32.9 Å². The molecule has 0 amide bonds. The summed E-state index contributed by atoms with van der Waals surface area (Å²) in [5, 5.41) is 18.3. The molecule has 3 aromatic carbocycles. The SMILES string of the molecule is Cc1ccc(Sc2ccc(S(=O)(=O)c3ccc(C(=O)O)c(C(=O)O)c3)cc2)cc1C. The van der Waals surface area contributed by atoms with Crippen molar-refractivity contribution in [2.45, 2.75) is 33.4 Å². The normalized spacial score (nSPS) is 11.3. The van der Waals surface area contributed by atoms with Crippen LogP contribution in [0.2, 0.25) is 0 Å². The number of aryl methyl sites for hydroxylation is 2. The smallest absolute Gasteiger partial charge is 0.336 e. The van der Waals surface area contributed by atoms with Crippen molar-refractivity contribution in [2.75, 3.05) is 0 Å². The largest absolute Gasteiger partial charge is 0.478 e. The van der Waals surface area contributed by atoms with E-state index in [2.05, 4.69) is 6.07 Å². The number of rotatable bonds is 6. The highest BCUT2D eigenvalue weighted by atomic mass is 32.2. The molecular weight excluding hydrogens is 424 g/mol. The van der Waals surface area contributed by atoms with Crippen molar-refractivity contribution in [1.82, 2.24) is 0 Å². The summed E-state index contributed by atoms with van der Waals surface area (Å²) in [6.07, 6.45) is 0. The lowest BCUT2D eigenvalue weighted by atomic mass is 10.1. The molecule has 0 aliphatic carbocycles. The second-order valence-electron chi connectivity index (χ2n) is 6.64. The molecule has 0 radical (unpaired) electrons. The Kier molecular flexibility index (Phi) is 6.00.